The predicted molar refractivity (Wildman–Crippen MR) is 438 cm³/mol. The molecular formula is C88H84F4N18O9. The van der Waals surface area contributed by atoms with Gasteiger partial charge in [-0.2, -0.15) is 0 Å². The van der Waals surface area contributed by atoms with Crippen molar-refractivity contribution >= 4 is 69.4 Å². The molecule has 0 unspecified atom stereocenters. The van der Waals surface area contributed by atoms with Gasteiger partial charge < -0.3 is 44.9 Å². The third kappa shape index (κ3) is 18.2. The quantitative estimate of drug-likeness (QED) is 0.0342. The summed E-state index contributed by atoms with van der Waals surface area (Å²) < 4.78 is 78.2. The van der Waals surface area contributed by atoms with Crippen molar-refractivity contribution < 1.29 is 60.5 Å². The molecule has 12 heterocycles. The Morgan fingerprint density at radius 3 is 1.42 bits per heavy atom. The van der Waals surface area contributed by atoms with E-state index in [1.165, 1.54) is 30.6 Å². The standard InChI is InChI=1S/C30H28F2N6O3.C29H28F2N6O3.C29H28N6O3/c1-4-7-25(39)37-15-6-8-22(37)28-36-27(23-17-33-18-26(38(23)28)41-5-2)19-9-11-20(12-10-19)29(40)35-24-16-21(13-14-34-24)30(3,31)32;1-4-24(38)36-14-6-7-21(36)27-35-26(22-16-32-17-25(37(22)27)40-5-2)18-8-10-19(11-9-18)28(39)34-23-15-20(12-13-33-23)29(3,30)31;1-4-8-24(36)34-16-14-22(18-34)28-33-26(27-19(3)31-17-25(35(27)28)38-5-2)20-10-12-21(13-11-20)29(37)32-23-9-6-7-15-30-23/h9-14,16-18,22H,5-6,8,15H2,1-3H3,(H,34,35,40);4,8-13,15-17,21H,1,5-7,14H2,2-3H3,(H,33,34,39);6-7,9-13,15,17,22H,5,14,16,18H2,1-3H3,(H,30,32,37)/t22-;21-;22-/m001/s1. The summed E-state index contributed by atoms with van der Waals surface area (Å²) in [6, 6.07) is 30.3. The van der Waals surface area contributed by atoms with Gasteiger partial charge in [0.15, 0.2) is 0 Å². The van der Waals surface area contributed by atoms with Crippen LogP contribution in [0.2, 0.25) is 0 Å². The Morgan fingerprint density at radius 2 is 0.958 bits per heavy atom. The maximum absolute atomic E-state index is 13.7. The lowest BCUT2D eigenvalue weighted by Crippen LogP contribution is -2.30. The lowest BCUT2D eigenvalue weighted by atomic mass is 10.1. The molecule has 0 radical (unpaired) electrons. The molecule has 3 aromatic carbocycles. The first kappa shape index (κ1) is 82.7. The summed E-state index contributed by atoms with van der Waals surface area (Å²) in [6.45, 7) is 19.8. The van der Waals surface area contributed by atoms with E-state index in [1.807, 2.05) is 59.1 Å². The molecule has 608 valence electrons. The number of anilines is 3. The van der Waals surface area contributed by atoms with Crippen molar-refractivity contribution in [3.05, 3.63) is 228 Å². The third-order valence-corrected chi connectivity index (χ3v) is 20.1. The highest BCUT2D eigenvalue weighted by molar-refractivity contribution is 6.06. The van der Waals surface area contributed by atoms with Gasteiger partial charge in [0.2, 0.25) is 23.5 Å². The summed E-state index contributed by atoms with van der Waals surface area (Å²) in [5, 5.41) is 7.94. The number of pyridine rings is 3. The van der Waals surface area contributed by atoms with Gasteiger partial charge in [0.05, 0.1) is 102 Å². The molecule has 3 aliphatic heterocycles. The molecule has 31 heteroatoms. The Morgan fingerprint density at radius 1 is 0.513 bits per heavy atom. The first-order valence-electron chi connectivity index (χ1n) is 38.6. The van der Waals surface area contributed by atoms with E-state index in [1.54, 1.807) is 139 Å². The number of benzene rings is 3. The van der Waals surface area contributed by atoms with E-state index in [4.69, 9.17) is 29.2 Å². The second-order valence-corrected chi connectivity index (χ2v) is 28.0. The second kappa shape index (κ2) is 36.3. The lowest BCUT2D eigenvalue weighted by Gasteiger charge is -2.23. The number of alkyl halides is 4. The van der Waals surface area contributed by atoms with Crippen molar-refractivity contribution in [2.45, 2.75) is 117 Å². The number of carbonyl (C=O) groups is 6. The van der Waals surface area contributed by atoms with Gasteiger partial charge >= 0.3 is 0 Å². The molecule has 9 aromatic heterocycles. The van der Waals surface area contributed by atoms with Gasteiger partial charge in [0.1, 0.15) is 34.9 Å². The van der Waals surface area contributed by atoms with Crippen LogP contribution >= 0.6 is 0 Å². The molecule has 27 nitrogen and oxygen atoms in total. The van der Waals surface area contributed by atoms with Crippen LogP contribution in [0.1, 0.15) is 164 Å². The predicted octanol–water partition coefficient (Wildman–Crippen LogP) is 14.7. The number of ether oxygens (including phenoxy) is 3. The van der Waals surface area contributed by atoms with Gasteiger partial charge in [-0.3, -0.25) is 56.9 Å². The second-order valence-electron chi connectivity index (χ2n) is 28.0. The lowest BCUT2D eigenvalue weighted by molar-refractivity contribution is -0.127. The van der Waals surface area contributed by atoms with Gasteiger partial charge in [0, 0.05) is 109 Å². The summed E-state index contributed by atoms with van der Waals surface area (Å²) in [4.78, 5) is 122. The van der Waals surface area contributed by atoms with Crippen LogP contribution in [0.5, 0.6) is 17.6 Å². The zero-order valence-electron chi connectivity index (χ0n) is 66.5. The molecule has 12 aromatic rings. The Kier molecular flexibility index (Phi) is 25.2. The van der Waals surface area contributed by atoms with E-state index in [0.717, 1.165) is 97.5 Å². The van der Waals surface area contributed by atoms with E-state index in [-0.39, 0.29) is 64.4 Å². The average molecular weight is 1610 g/mol. The number of amides is 6. The number of rotatable bonds is 21. The van der Waals surface area contributed by atoms with Crippen molar-refractivity contribution in [2.24, 2.45) is 0 Å². The number of halogens is 4. The van der Waals surface area contributed by atoms with Gasteiger partial charge in [-0.25, -0.2) is 47.5 Å². The molecule has 0 bridgehead atoms. The van der Waals surface area contributed by atoms with E-state index in [9.17, 15) is 46.3 Å². The minimum absolute atomic E-state index is 0.0169. The van der Waals surface area contributed by atoms with Gasteiger partial charge in [0.25, 0.3) is 41.4 Å². The molecule has 15 rings (SSSR count). The number of aryl methyl sites for hydroxylation is 1. The number of nitrogens with one attached hydrogen (secondary N) is 3. The molecule has 6 amide bonds. The number of hydrogen-bond donors (Lipinski definition) is 3. The van der Waals surface area contributed by atoms with Crippen LogP contribution in [0.3, 0.4) is 0 Å². The first-order chi connectivity index (χ1) is 57.4. The van der Waals surface area contributed by atoms with Crippen LogP contribution < -0.4 is 30.2 Å². The van der Waals surface area contributed by atoms with Crippen LogP contribution in [0.15, 0.2) is 177 Å². The number of hydrogen-bond acceptors (Lipinski definition) is 18. The summed E-state index contributed by atoms with van der Waals surface area (Å²) in [5.74, 6) is 7.03. The molecule has 0 saturated carbocycles. The van der Waals surface area contributed by atoms with Crippen molar-refractivity contribution in [2.75, 3.05) is 62.0 Å². The summed E-state index contributed by atoms with van der Waals surface area (Å²) in [6.07, 6.45) is 17.6. The molecule has 3 fully saturated rings. The monoisotopic (exact) mass is 1610 g/mol. The maximum Gasteiger partial charge on any atom is 0.299 e. The smallest absolute Gasteiger partial charge is 0.299 e. The van der Waals surface area contributed by atoms with Crippen molar-refractivity contribution in [1.29, 1.82) is 0 Å². The third-order valence-electron chi connectivity index (χ3n) is 20.1. The van der Waals surface area contributed by atoms with E-state index in [0.29, 0.717) is 120 Å². The normalized spacial score (nSPS) is 15.0. The summed E-state index contributed by atoms with van der Waals surface area (Å²) in [5.41, 5.74) is 7.95. The average Bonchev–Trinajstić information content (AvgIpc) is 1.60. The molecule has 3 atom stereocenters. The Balaban J connectivity index is 0.000000155. The zero-order valence-corrected chi connectivity index (χ0v) is 66.5. The number of fused-ring (bicyclic) bond motifs is 3. The Bertz CT molecular complexity index is 5950. The molecule has 0 aliphatic carbocycles. The van der Waals surface area contributed by atoms with Crippen LogP contribution in [-0.2, 0) is 26.2 Å². The van der Waals surface area contributed by atoms with Crippen molar-refractivity contribution in [1.82, 2.24) is 72.8 Å². The highest BCUT2D eigenvalue weighted by Crippen LogP contribution is 2.42. The number of nitrogens with zero attached hydrogens (tertiary/aromatic N) is 15. The Labute approximate surface area is 682 Å². The maximum atomic E-state index is 13.7. The topological polar surface area (TPSA) is 305 Å². The molecule has 119 heavy (non-hydrogen) atoms. The van der Waals surface area contributed by atoms with Crippen LogP contribution in [0.4, 0.5) is 35.0 Å². The number of likely N-dealkylation sites (tertiary alicyclic amines) is 3. The Hall–Kier alpha value is -14.2. The van der Waals surface area contributed by atoms with Crippen LogP contribution in [0, 0.1) is 30.6 Å². The van der Waals surface area contributed by atoms with Crippen LogP contribution in [0.25, 0.3) is 50.3 Å². The molecule has 0 spiro atoms. The van der Waals surface area contributed by atoms with Gasteiger partial charge in [-0.15, -0.1) is 0 Å². The summed E-state index contributed by atoms with van der Waals surface area (Å²) >= 11 is 0. The van der Waals surface area contributed by atoms with E-state index in [2.05, 4.69) is 76.1 Å². The SMILES string of the molecule is C=CC(=O)N1CCC[C@H]1c1nc(-c2ccc(C(=O)Nc3cc(C(C)(F)F)ccn3)cc2)c2cncc(OCC)n12.CC#CC(=O)N1CCC[C@H]1c1nc(-c2ccc(C(=O)Nc3cc(C(C)(F)F)ccn3)cc2)c2cncc(OCC)n12.CC#CC(=O)N1CC[C@@H](c2nc(-c3ccc(C(=O)Nc4ccccn4)cc3)c3c(C)ncc(OCC)n23)C1. The van der Waals surface area contributed by atoms with Crippen molar-refractivity contribution in [3.8, 4) is 75.1 Å². The molecule has 3 aliphatic rings. The minimum Gasteiger partial charge on any atom is -0.478 e. The van der Waals surface area contributed by atoms with Crippen molar-refractivity contribution in [3.63, 3.8) is 0 Å². The van der Waals surface area contributed by atoms with Gasteiger partial charge in [-0.05, 0) is 164 Å². The fourth-order valence-corrected chi connectivity index (χ4v) is 14.5. The highest BCUT2D eigenvalue weighted by atomic mass is 19.3. The summed E-state index contributed by atoms with van der Waals surface area (Å²) in [7, 11) is 0. The van der Waals surface area contributed by atoms with Crippen LogP contribution in [-0.4, -0.2) is 154 Å². The fourth-order valence-electron chi connectivity index (χ4n) is 14.5. The van der Waals surface area contributed by atoms with Gasteiger partial charge in [-0.1, -0.05) is 60.9 Å². The first-order valence-corrected chi connectivity index (χ1v) is 38.6. The number of aromatic nitrogens is 12. The highest BCUT2D eigenvalue weighted by Gasteiger charge is 2.38. The number of carbonyl (C=O) groups excluding carboxylic acids is 6. The van der Waals surface area contributed by atoms with E-state index >= 15 is 0 Å². The molecular weight excluding hydrogens is 1530 g/mol. The van der Waals surface area contributed by atoms with E-state index < -0.39 is 23.7 Å². The zero-order chi connectivity index (χ0) is 84.2. The minimum atomic E-state index is -3.06. The fraction of sp³-hybridized carbons (Fsp3) is 0.284. The number of imidazole rings is 3. The molecule has 3 N–H and O–H groups in total. The molecule has 3 saturated heterocycles. The largest absolute Gasteiger partial charge is 0.478 e.